The van der Waals surface area contributed by atoms with Gasteiger partial charge in [-0.25, -0.2) is 0 Å². The zero-order chi connectivity index (χ0) is 43.7. The maximum Gasteiger partial charge on any atom is 0.0314 e. The van der Waals surface area contributed by atoms with Gasteiger partial charge in [0.15, 0.2) is 0 Å². The van der Waals surface area contributed by atoms with Crippen molar-refractivity contribution in [3.63, 3.8) is 0 Å². The Morgan fingerprint density at radius 1 is 0.387 bits per heavy atom. The van der Waals surface area contributed by atoms with Gasteiger partial charge in [-0.3, -0.25) is 0 Å². The van der Waals surface area contributed by atoms with Crippen LogP contribution in [0.15, 0.2) is 97.1 Å². The van der Waals surface area contributed by atoms with Gasteiger partial charge in [-0.15, -0.1) is 0 Å². The lowest BCUT2D eigenvalue weighted by atomic mass is 9.62. The standard InChI is InChI=1S/C60H90N2/c1-4-7-10-13-15-17-19-21-24-27-58(52-33-41-56(61)42-34-52)50-29-37-54(38-30-50)60(47-45-49(46-48-60)26-23-12-9-6-3)55-39-31-51(32-40-55)59(53-35-43-57(62)44-36-53)28-25-22-20-18-16-14-11-8-5-2/h29-44,49,58-59H,4-28,45-48,61-62H2,1-3H3. The first kappa shape index (κ1) is 49.5. The third kappa shape index (κ3) is 15.9. The number of nitrogens with two attached hydrogens (primary N) is 2. The van der Waals surface area contributed by atoms with Crippen molar-refractivity contribution in [2.75, 3.05) is 11.5 Å². The van der Waals surface area contributed by atoms with Crippen molar-refractivity contribution in [3.8, 4) is 0 Å². The molecule has 0 aliphatic heterocycles. The van der Waals surface area contributed by atoms with Crippen molar-refractivity contribution in [1.82, 2.24) is 0 Å². The lowest BCUT2D eigenvalue weighted by Crippen LogP contribution is -2.33. The van der Waals surface area contributed by atoms with Gasteiger partial charge < -0.3 is 11.5 Å². The Kier molecular flexibility index (Phi) is 22.6. The van der Waals surface area contributed by atoms with Gasteiger partial charge in [-0.1, -0.05) is 241 Å². The number of rotatable bonds is 31. The van der Waals surface area contributed by atoms with E-state index in [1.165, 1.54) is 220 Å². The minimum absolute atomic E-state index is 0.0542. The van der Waals surface area contributed by atoms with Crippen LogP contribution in [0, 0.1) is 5.92 Å². The predicted octanol–water partition coefficient (Wildman–Crippen LogP) is 18.4. The maximum atomic E-state index is 6.20. The van der Waals surface area contributed by atoms with Crippen LogP contribution in [0.4, 0.5) is 11.4 Å². The zero-order valence-electron chi connectivity index (χ0n) is 40.1. The number of hydrogen-bond acceptors (Lipinski definition) is 2. The Labute approximate surface area is 381 Å². The van der Waals surface area contributed by atoms with Crippen LogP contribution in [0.2, 0.25) is 0 Å². The van der Waals surface area contributed by atoms with E-state index in [9.17, 15) is 0 Å². The topological polar surface area (TPSA) is 52.0 Å². The Morgan fingerprint density at radius 2 is 0.677 bits per heavy atom. The van der Waals surface area contributed by atoms with Crippen molar-refractivity contribution < 1.29 is 0 Å². The van der Waals surface area contributed by atoms with Crippen LogP contribution in [0.1, 0.15) is 252 Å². The fraction of sp³-hybridized carbons (Fsp3) is 0.600. The summed E-state index contributed by atoms with van der Waals surface area (Å²) >= 11 is 0. The van der Waals surface area contributed by atoms with Crippen molar-refractivity contribution in [3.05, 3.63) is 130 Å². The summed E-state index contributed by atoms with van der Waals surface area (Å²) in [6.45, 7) is 6.94. The molecule has 1 aliphatic carbocycles. The fourth-order valence-electron chi connectivity index (χ4n) is 11.0. The van der Waals surface area contributed by atoms with E-state index in [-0.39, 0.29) is 5.41 Å². The van der Waals surface area contributed by atoms with E-state index in [2.05, 4.69) is 118 Å². The van der Waals surface area contributed by atoms with Gasteiger partial charge in [0.1, 0.15) is 0 Å². The van der Waals surface area contributed by atoms with E-state index < -0.39 is 0 Å². The molecule has 5 rings (SSSR count). The minimum atomic E-state index is 0.0542. The molecule has 1 aliphatic rings. The summed E-state index contributed by atoms with van der Waals surface area (Å²) in [5.74, 6) is 1.66. The smallest absolute Gasteiger partial charge is 0.0314 e. The molecule has 2 unspecified atom stereocenters. The quantitative estimate of drug-likeness (QED) is 0.0392. The van der Waals surface area contributed by atoms with E-state index >= 15 is 0 Å². The van der Waals surface area contributed by atoms with Gasteiger partial charge in [0.2, 0.25) is 0 Å². The number of anilines is 2. The second-order valence-electron chi connectivity index (χ2n) is 19.8. The summed E-state index contributed by atoms with van der Waals surface area (Å²) in [5, 5.41) is 0. The molecule has 4 aromatic rings. The normalized spacial score (nSPS) is 17.6. The van der Waals surface area contributed by atoms with Gasteiger partial charge in [0, 0.05) is 28.6 Å². The number of benzene rings is 4. The number of unbranched alkanes of at least 4 members (excludes halogenated alkanes) is 19. The van der Waals surface area contributed by atoms with Gasteiger partial charge in [0.05, 0.1) is 0 Å². The van der Waals surface area contributed by atoms with Crippen molar-refractivity contribution in [1.29, 1.82) is 0 Å². The van der Waals surface area contributed by atoms with Crippen LogP contribution >= 0.6 is 0 Å². The highest BCUT2D eigenvalue weighted by molar-refractivity contribution is 5.47. The third-order valence-electron chi connectivity index (χ3n) is 15.0. The molecule has 0 spiro atoms. The van der Waals surface area contributed by atoms with Gasteiger partial charge in [-0.2, -0.15) is 0 Å². The molecule has 62 heavy (non-hydrogen) atoms. The molecule has 2 heteroatoms. The minimum Gasteiger partial charge on any atom is -0.399 e. The van der Waals surface area contributed by atoms with Crippen LogP contribution in [-0.4, -0.2) is 0 Å². The predicted molar refractivity (Wildman–Crippen MR) is 273 cm³/mol. The third-order valence-corrected chi connectivity index (χ3v) is 15.0. The lowest BCUT2D eigenvalue weighted by Gasteiger charge is -2.42. The van der Waals surface area contributed by atoms with Crippen molar-refractivity contribution >= 4 is 11.4 Å². The molecule has 4 N–H and O–H groups in total. The molecule has 0 aromatic heterocycles. The molecule has 4 aromatic carbocycles. The summed E-state index contributed by atoms with van der Waals surface area (Å²) in [6.07, 6.45) is 39.0. The van der Waals surface area contributed by atoms with Crippen molar-refractivity contribution in [2.45, 2.75) is 224 Å². The first-order valence-electron chi connectivity index (χ1n) is 26.4. The van der Waals surface area contributed by atoms with E-state index in [1.54, 1.807) is 0 Å². The van der Waals surface area contributed by atoms with Gasteiger partial charge >= 0.3 is 0 Å². The Morgan fingerprint density at radius 3 is 1.02 bits per heavy atom. The van der Waals surface area contributed by atoms with Crippen LogP contribution in [0.3, 0.4) is 0 Å². The lowest BCUT2D eigenvalue weighted by molar-refractivity contribution is 0.250. The SMILES string of the molecule is CCCCCCCCCCCC(c1ccc(N)cc1)c1ccc(C2(c3ccc(C(CCCCCCCCCCC)c4ccc(N)cc4)cc3)CCC(CCCCCC)CC2)cc1. The van der Waals surface area contributed by atoms with Crippen LogP contribution < -0.4 is 11.5 Å². The molecule has 1 saturated carbocycles. The summed E-state index contributed by atoms with van der Waals surface area (Å²) in [7, 11) is 0. The second-order valence-corrected chi connectivity index (χ2v) is 19.8. The number of nitrogen functional groups attached to an aromatic ring is 2. The molecule has 1 fully saturated rings. The van der Waals surface area contributed by atoms with Crippen LogP contribution in [0.25, 0.3) is 0 Å². The van der Waals surface area contributed by atoms with Crippen LogP contribution in [0.5, 0.6) is 0 Å². The molecule has 2 nitrogen and oxygen atoms in total. The van der Waals surface area contributed by atoms with Crippen LogP contribution in [-0.2, 0) is 5.41 Å². The first-order chi connectivity index (χ1) is 30.5. The first-order valence-corrected chi connectivity index (χ1v) is 26.4. The van der Waals surface area contributed by atoms with E-state index in [0.717, 1.165) is 17.3 Å². The molecule has 0 heterocycles. The Bertz CT molecular complexity index is 1600. The molecule has 340 valence electrons. The Hall–Kier alpha value is -3.52. The zero-order valence-corrected chi connectivity index (χ0v) is 40.1. The second kappa shape index (κ2) is 28.3. The largest absolute Gasteiger partial charge is 0.399 e. The number of hydrogen-bond donors (Lipinski definition) is 2. The highest BCUT2D eigenvalue weighted by Crippen LogP contribution is 2.48. The van der Waals surface area contributed by atoms with E-state index in [1.807, 2.05) is 0 Å². The molecule has 0 radical (unpaired) electrons. The summed E-state index contributed by atoms with van der Waals surface area (Å²) < 4.78 is 0. The summed E-state index contributed by atoms with van der Waals surface area (Å²) in [4.78, 5) is 0. The molecular weight excluding hydrogens is 749 g/mol. The molecular formula is C60H90N2. The summed E-state index contributed by atoms with van der Waals surface area (Å²) in [5.41, 5.74) is 22.9. The molecule has 0 amide bonds. The average Bonchev–Trinajstić information content (AvgIpc) is 3.30. The highest BCUT2D eigenvalue weighted by atomic mass is 14.5. The van der Waals surface area contributed by atoms with E-state index in [4.69, 9.17) is 11.5 Å². The fourth-order valence-corrected chi connectivity index (χ4v) is 11.0. The molecule has 0 bridgehead atoms. The van der Waals surface area contributed by atoms with E-state index in [0.29, 0.717) is 11.8 Å². The Balaban J connectivity index is 1.34. The van der Waals surface area contributed by atoms with Crippen molar-refractivity contribution in [2.24, 2.45) is 5.92 Å². The monoisotopic (exact) mass is 839 g/mol. The average molecular weight is 839 g/mol. The maximum absolute atomic E-state index is 6.20. The highest BCUT2D eigenvalue weighted by Gasteiger charge is 2.38. The van der Waals surface area contributed by atoms with Gasteiger partial charge in [0.25, 0.3) is 0 Å². The van der Waals surface area contributed by atoms with Gasteiger partial charge in [-0.05, 0) is 102 Å². The molecule has 2 atom stereocenters. The summed E-state index contributed by atoms with van der Waals surface area (Å²) in [6, 6.07) is 37.6. The molecule has 0 saturated heterocycles.